The molecule has 1 aliphatic heterocycles. The number of hydrogen-bond acceptors (Lipinski definition) is 3. The highest BCUT2D eigenvalue weighted by Gasteiger charge is 2.23. The molecule has 0 aromatic heterocycles. The van der Waals surface area contributed by atoms with Gasteiger partial charge in [0.1, 0.15) is 5.82 Å². The van der Waals surface area contributed by atoms with Gasteiger partial charge in [-0.05, 0) is 31.5 Å². The zero-order chi connectivity index (χ0) is 14.0. The van der Waals surface area contributed by atoms with Crippen molar-refractivity contribution in [2.75, 3.05) is 13.2 Å². The summed E-state index contributed by atoms with van der Waals surface area (Å²) in [4.78, 5) is 13.0. The molecule has 104 valence electrons. The lowest BCUT2D eigenvalue weighted by molar-refractivity contribution is -0.0526. The van der Waals surface area contributed by atoms with E-state index in [1.165, 1.54) is 12.1 Å². The number of ether oxygens (including phenoxy) is 1. The van der Waals surface area contributed by atoms with E-state index in [0.29, 0.717) is 13.2 Å². The average molecular weight is 267 g/mol. The molecule has 0 aliphatic carbocycles. The maximum absolute atomic E-state index is 13.6. The normalized spacial score (nSPS) is 24.4. The minimum Gasteiger partial charge on any atom is -0.478 e. The Balaban J connectivity index is 2.10. The maximum atomic E-state index is 13.6. The number of carbonyl (C=O) groups is 1. The molecule has 0 saturated carbocycles. The first-order valence-corrected chi connectivity index (χ1v) is 6.34. The van der Waals surface area contributed by atoms with E-state index < -0.39 is 11.8 Å². The molecule has 1 N–H and O–H groups in total. The summed E-state index contributed by atoms with van der Waals surface area (Å²) >= 11 is 0. The van der Waals surface area contributed by atoms with Gasteiger partial charge in [-0.25, -0.2) is 9.18 Å². The summed E-state index contributed by atoms with van der Waals surface area (Å²) in [5.41, 5.74) is 0.496. The Kier molecular flexibility index (Phi) is 4.17. The Morgan fingerprint density at radius 1 is 1.53 bits per heavy atom. The fraction of sp³-hybridized carbons (Fsp3) is 0.500. The van der Waals surface area contributed by atoms with E-state index in [-0.39, 0.29) is 17.7 Å². The SMILES string of the molecule is CC1CN(Cc2ccc(C(=O)O)c(F)c2)C(C)CO1. The molecular formula is C14H18FNO3. The zero-order valence-electron chi connectivity index (χ0n) is 11.1. The smallest absolute Gasteiger partial charge is 0.338 e. The second-order valence-corrected chi connectivity index (χ2v) is 5.04. The Morgan fingerprint density at radius 2 is 2.26 bits per heavy atom. The number of carboxylic acids is 1. The predicted molar refractivity (Wildman–Crippen MR) is 68.6 cm³/mol. The first-order chi connectivity index (χ1) is 8.97. The Bertz CT molecular complexity index is 478. The lowest BCUT2D eigenvalue weighted by Crippen LogP contribution is -2.46. The number of rotatable bonds is 3. The van der Waals surface area contributed by atoms with Gasteiger partial charge >= 0.3 is 5.97 Å². The summed E-state index contributed by atoms with van der Waals surface area (Å²) in [6.45, 7) is 6.13. The zero-order valence-corrected chi connectivity index (χ0v) is 11.1. The van der Waals surface area contributed by atoms with Gasteiger partial charge < -0.3 is 9.84 Å². The number of carboxylic acid groups (broad SMARTS) is 1. The van der Waals surface area contributed by atoms with Crippen molar-refractivity contribution in [2.45, 2.75) is 32.5 Å². The van der Waals surface area contributed by atoms with Crippen LogP contribution in [-0.4, -0.2) is 41.3 Å². The summed E-state index contributed by atoms with van der Waals surface area (Å²) in [6.07, 6.45) is 0.166. The number of aromatic carboxylic acids is 1. The maximum Gasteiger partial charge on any atom is 0.338 e. The minimum atomic E-state index is -1.24. The highest BCUT2D eigenvalue weighted by Crippen LogP contribution is 2.17. The van der Waals surface area contributed by atoms with Gasteiger partial charge in [-0.3, -0.25) is 4.90 Å². The van der Waals surface area contributed by atoms with E-state index in [2.05, 4.69) is 11.8 Å². The summed E-state index contributed by atoms with van der Waals surface area (Å²) in [6, 6.07) is 4.57. The van der Waals surface area contributed by atoms with Crippen LogP contribution >= 0.6 is 0 Å². The molecule has 5 heteroatoms. The van der Waals surface area contributed by atoms with Gasteiger partial charge in [0.15, 0.2) is 0 Å². The molecule has 4 nitrogen and oxygen atoms in total. The van der Waals surface area contributed by atoms with Crippen LogP contribution in [0.1, 0.15) is 29.8 Å². The average Bonchev–Trinajstić information content (AvgIpc) is 2.33. The number of nitrogens with zero attached hydrogens (tertiary/aromatic N) is 1. The lowest BCUT2D eigenvalue weighted by Gasteiger charge is -2.36. The quantitative estimate of drug-likeness (QED) is 0.911. The molecular weight excluding hydrogens is 249 g/mol. The molecule has 2 atom stereocenters. The van der Waals surface area contributed by atoms with Crippen molar-refractivity contribution in [1.82, 2.24) is 4.90 Å². The van der Waals surface area contributed by atoms with E-state index >= 15 is 0 Å². The topological polar surface area (TPSA) is 49.8 Å². The van der Waals surface area contributed by atoms with E-state index in [0.717, 1.165) is 12.1 Å². The largest absolute Gasteiger partial charge is 0.478 e. The fourth-order valence-corrected chi connectivity index (χ4v) is 2.26. The van der Waals surface area contributed by atoms with Crippen molar-refractivity contribution in [3.05, 3.63) is 35.1 Å². The molecule has 2 unspecified atom stereocenters. The molecule has 0 bridgehead atoms. The minimum absolute atomic E-state index is 0.166. The van der Waals surface area contributed by atoms with Crippen molar-refractivity contribution in [3.63, 3.8) is 0 Å². The molecule has 1 aliphatic rings. The van der Waals surface area contributed by atoms with Gasteiger partial charge in [0.25, 0.3) is 0 Å². The molecule has 1 aromatic carbocycles. The van der Waals surface area contributed by atoms with Crippen LogP contribution in [-0.2, 0) is 11.3 Å². The number of halogens is 1. The summed E-state index contributed by atoms with van der Waals surface area (Å²) in [5, 5.41) is 8.79. The van der Waals surface area contributed by atoms with Crippen molar-refractivity contribution in [1.29, 1.82) is 0 Å². The van der Waals surface area contributed by atoms with Crippen molar-refractivity contribution in [3.8, 4) is 0 Å². The molecule has 0 spiro atoms. The summed E-state index contributed by atoms with van der Waals surface area (Å²) < 4.78 is 19.1. The lowest BCUT2D eigenvalue weighted by atomic mass is 10.1. The van der Waals surface area contributed by atoms with Gasteiger partial charge in [0, 0.05) is 19.1 Å². The fourth-order valence-electron chi connectivity index (χ4n) is 2.26. The second-order valence-electron chi connectivity index (χ2n) is 5.04. The standard InChI is InChI=1S/C14H18FNO3/c1-9-8-19-10(2)6-16(9)7-11-3-4-12(14(17)18)13(15)5-11/h3-5,9-10H,6-8H2,1-2H3,(H,17,18). The molecule has 1 aromatic rings. The van der Waals surface area contributed by atoms with Crippen molar-refractivity contribution < 1.29 is 19.0 Å². The van der Waals surface area contributed by atoms with E-state index in [1.54, 1.807) is 6.07 Å². The molecule has 1 fully saturated rings. The first kappa shape index (κ1) is 14.0. The monoisotopic (exact) mass is 267 g/mol. The Morgan fingerprint density at radius 3 is 2.89 bits per heavy atom. The highest BCUT2D eigenvalue weighted by atomic mass is 19.1. The van der Waals surface area contributed by atoms with E-state index in [9.17, 15) is 9.18 Å². The van der Waals surface area contributed by atoms with Crippen LogP contribution in [0, 0.1) is 5.82 Å². The van der Waals surface area contributed by atoms with Gasteiger partial charge in [-0.15, -0.1) is 0 Å². The molecule has 1 heterocycles. The number of benzene rings is 1. The van der Waals surface area contributed by atoms with Crippen LogP contribution in [0.15, 0.2) is 18.2 Å². The van der Waals surface area contributed by atoms with E-state index in [1.807, 2.05) is 6.92 Å². The second kappa shape index (κ2) is 5.67. The molecule has 19 heavy (non-hydrogen) atoms. The third-order valence-electron chi connectivity index (χ3n) is 3.39. The van der Waals surface area contributed by atoms with Crippen molar-refractivity contribution >= 4 is 5.97 Å². The molecule has 1 saturated heterocycles. The van der Waals surface area contributed by atoms with Crippen LogP contribution in [0.3, 0.4) is 0 Å². The Hall–Kier alpha value is -1.46. The summed E-state index contributed by atoms with van der Waals surface area (Å²) in [7, 11) is 0. The van der Waals surface area contributed by atoms with Crippen molar-refractivity contribution in [2.24, 2.45) is 0 Å². The van der Waals surface area contributed by atoms with Crippen LogP contribution in [0.5, 0.6) is 0 Å². The third kappa shape index (κ3) is 3.30. The highest BCUT2D eigenvalue weighted by molar-refractivity contribution is 5.87. The molecule has 0 radical (unpaired) electrons. The van der Waals surface area contributed by atoms with Crippen LogP contribution < -0.4 is 0 Å². The third-order valence-corrected chi connectivity index (χ3v) is 3.39. The molecule has 2 rings (SSSR count). The van der Waals surface area contributed by atoms with E-state index in [4.69, 9.17) is 9.84 Å². The number of morpholine rings is 1. The predicted octanol–water partition coefficient (Wildman–Crippen LogP) is 2.13. The van der Waals surface area contributed by atoms with Gasteiger partial charge in [0.2, 0.25) is 0 Å². The van der Waals surface area contributed by atoms with Gasteiger partial charge in [-0.1, -0.05) is 6.07 Å². The summed E-state index contributed by atoms with van der Waals surface area (Å²) in [5.74, 6) is -1.92. The Labute approximate surface area is 111 Å². The van der Waals surface area contributed by atoms with Crippen LogP contribution in [0.25, 0.3) is 0 Å². The van der Waals surface area contributed by atoms with Gasteiger partial charge in [0.05, 0.1) is 18.3 Å². The number of hydrogen-bond donors (Lipinski definition) is 1. The van der Waals surface area contributed by atoms with Crippen LogP contribution in [0.2, 0.25) is 0 Å². The molecule has 0 amide bonds. The first-order valence-electron chi connectivity index (χ1n) is 6.34. The van der Waals surface area contributed by atoms with Crippen LogP contribution in [0.4, 0.5) is 4.39 Å². The van der Waals surface area contributed by atoms with Gasteiger partial charge in [-0.2, -0.15) is 0 Å².